The molecule has 0 heterocycles. The van der Waals surface area contributed by atoms with Gasteiger partial charge < -0.3 is 0 Å². The fourth-order valence-electron chi connectivity index (χ4n) is 2.30. The molecule has 0 spiro atoms. The summed E-state index contributed by atoms with van der Waals surface area (Å²) < 4.78 is 0. The van der Waals surface area contributed by atoms with Crippen LogP contribution in [0, 0.1) is 6.92 Å². The van der Waals surface area contributed by atoms with E-state index in [2.05, 4.69) is 51.1 Å². The van der Waals surface area contributed by atoms with E-state index in [1.807, 2.05) is 13.8 Å². The maximum absolute atomic E-state index is 2.33. The summed E-state index contributed by atoms with van der Waals surface area (Å²) in [5.74, 6) is 0. The maximum atomic E-state index is 2.33. The first kappa shape index (κ1) is 13.0. The van der Waals surface area contributed by atoms with E-state index in [9.17, 15) is 0 Å². The number of benzene rings is 1. The summed E-state index contributed by atoms with van der Waals surface area (Å²) in [6.45, 7) is 10.9. The summed E-state index contributed by atoms with van der Waals surface area (Å²) in [4.78, 5) is 0. The van der Waals surface area contributed by atoms with Crippen molar-refractivity contribution in [2.45, 2.75) is 52.9 Å². The van der Waals surface area contributed by atoms with E-state index in [4.69, 9.17) is 0 Å². The minimum atomic E-state index is 0.300. The second kappa shape index (κ2) is 5.34. The molecule has 0 nitrogen and oxygen atoms in total. The van der Waals surface area contributed by atoms with E-state index in [1.54, 1.807) is 0 Å². The lowest BCUT2D eigenvalue weighted by Gasteiger charge is -2.25. The van der Waals surface area contributed by atoms with Crippen LogP contribution in [0.15, 0.2) is 30.4 Å². The highest BCUT2D eigenvalue weighted by atomic mass is 14.3. The molecular weight excluding hydrogens is 192 g/mol. The average molecular weight is 216 g/mol. The second-order valence-electron chi connectivity index (χ2n) is 4.86. The highest BCUT2D eigenvalue weighted by Gasteiger charge is 2.23. The van der Waals surface area contributed by atoms with Crippen molar-refractivity contribution in [2.75, 3.05) is 0 Å². The number of fused-ring (bicyclic) bond motifs is 1. The number of aryl methyl sites for hydroxylation is 1. The molecule has 1 aliphatic rings. The maximum Gasteiger partial charge on any atom is -0.00662 e. The van der Waals surface area contributed by atoms with Crippen molar-refractivity contribution in [3.63, 3.8) is 0 Å². The lowest BCUT2D eigenvalue weighted by molar-refractivity contribution is 0.533. The molecule has 1 aromatic rings. The molecule has 0 heteroatoms. The van der Waals surface area contributed by atoms with Crippen LogP contribution in [0.1, 0.15) is 50.8 Å². The van der Waals surface area contributed by atoms with Crippen molar-refractivity contribution in [3.05, 3.63) is 47.0 Å². The van der Waals surface area contributed by atoms with Gasteiger partial charge >= 0.3 is 0 Å². The third-order valence-corrected chi connectivity index (χ3v) is 3.26. The zero-order valence-corrected chi connectivity index (χ0v) is 11.3. The Morgan fingerprint density at radius 3 is 2.44 bits per heavy atom. The van der Waals surface area contributed by atoms with Crippen molar-refractivity contribution in [1.82, 2.24) is 0 Å². The van der Waals surface area contributed by atoms with Gasteiger partial charge in [-0.05, 0) is 41.9 Å². The van der Waals surface area contributed by atoms with Crippen molar-refractivity contribution in [3.8, 4) is 0 Å². The summed E-state index contributed by atoms with van der Waals surface area (Å²) in [6.07, 6.45) is 6.88. The van der Waals surface area contributed by atoms with Crippen LogP contribution in [-0.4, -0.2) is 0 Å². The fourth-order valence-corrected chi connectivity index (χ4v) is 2.30. The standard InChI is InChI=1S/C14H18.C2H6/c1-11-7-6-9-13-12(11)8-4-5-10-14(13,2)3;1-2/h4-7,9H,8,10H2,1-3H3;1-2H3. The molecule has 0 bridgehead atoms. The van der Waals surface area contributed by atoms with E-state index >= 15 is 0 Å². The zero-order chi connectivity index (χ0) is 12.2. The van der Waals surface area contributed by atoms with Gasteiger partial charge in [-0.1, -0.05) is 58.0 Å². The molecule has 0 saturated heterocycles. The molecule has 0 radical (unpaired) electrons. The van der Waals surface area contributed by atoms with Crippen LogP contribution in [0.2, 0.25) is 0 Å². The quantitative estimate of drug-likeness (QED) is 0.546. The first-order valence-electron chi connectivity index (χ1n) is 6.35. The lowest BCUT2D eigenvalue weighted by Crippen LogP contribution is -2.17. The Morgan fingerprint density at radius 1 is 1.06 bits per heavy atom. The van der Waals surface area contributed by atoms with Crippen LogP contribution in [0.3, 0.4) is 0 Å². The van der Waals surface area contributed by atoms with E-state index in [0.717, 1.165) is 12.8 Å². The molecular formula is C16H24. The first-order valence-corrected chi connectivity index (χ1v) is 6.35. The topological polar surface area (TPSA) is 0 Å². The van der Waals surface area contributed by atoms with E-state index in [-0.39, 0.29) is 0 Å². The molecule has 1 aliphatic carbocycles. The molecule has 1 aromatic carbocycles. The fraction of sp³-hybridized carbons (Fsp3) is 0.500. The Labute approximate surface area is 100 Å². The Kier molecular flexibility index (Phi) is 4.35. The van der Waals surface area contributed by atoms with E-state index in [0.29, 0.717) is 5.41 Å². The molecule has 0 N–H and O–H groups in total. The molecule has 0 aliphatic heterocycles. The van der Waals surface area contributed by atoms with Gasteiger partial charge in [0.05, 0.1) is 0 Å². The second-order valence-corrected chi connectivity index (χ2v) is 4.86. The van der Waals surface area contributed by atoms with Crippen molar-refractivity contribution >= 4 is 0 Å². The molecule has 0 fully saturated rings. The highest BCUT2D eigenvalue weighted by molar-refractivity contribution is 5.41. The zero-order valence-electron chi connectivity index (χ0n) is 11.3. The van der Waals surface area contributed by atoms with Crippen LogP contribution in [0.4, 0.5) is 0 Å². The third kappa shape index (κ3) is 2.55. The molecule has 0 atom stereocenters. The Morgan fingerprint density at radius 2 is 1.75 bits per heavy atom. The summed E-state index contributed by atoms with van der Waals surface area (Å²) >= 11 is 0. The van der Waals surface area contributed by atoms with Crippen molar-refractivity contribution in [2.24, 2.45) is 0 Å². The largest absolute Gasteiger partial charge is 0.0873 e. The summed E-state index contributed by atoms with van der Waals surface area (Å²) in [7, 11) is 0. The lowest BCUT2D eigenvalue weighted by atomic mass is 9.79. The third-order valence-electron chi connectivity index (χ3n) is 3.26. The van der Waals surface area contributed by atoms with Crippen LogP contribution in [0.5, 0.6) is 0 Å². The van der Waals surface area contributed by atoms with Gasteiger partial charge in [-0.2, -0.15) is 0 Å². The SMILES string of the molecule is CC.Cc1cccc2c1CC=CCC2(C)C. The highest BCUT2D eigenvalue weighted by Crippen LogP contribution is 2.34. The molecule has 16 heavy (non-hydrogen) atoms. The van der Waals surface area contributed by atoms with Crippen LogP contribution >= 0.6 is 0 Å². The number of hydrogen-bond donors (Lipinski definition) is 0. The first-order chi connectivity index (χ1) is 7.61. The average Bonchev–Trinajstić information content (AvgIpc) is 2.42. The van der Waals surface area contributed by atoms with E-state index in [1.165, 1.54) is 16.7 Å². The minimum Gasteiger partial charge on any atom is -0.0873 e. The summed E-state index contributed by atoms with van der Waals surface area (Å²) in [5, 5.41) is 0. The van der Waals surface area contributed by atoms with Gasteiger partial charge in [0.2, 0.25) is 0 Å². The van der Waals surface area contributed by atoms with Gasteiger partial charge in [0, 0.05) is 0 Å². The Hall–Kier alpha value is -1.04. The predicted octanol–water partition coefficient (Wildman–Crippen LogP) is 4.80. The number of rotatable bonds is 0. The molecule has 2 rings (SSSR count). The number of hydrogen-bond acceptors (Lipinski definition) is 0. The smallest absolute Gasteiger partial charge is 0.00662 e. The van der Waals surface area contributed by atoms with Crippen LogP contribution in [-0.2, 0) is 11.8 Å². The predicted molar refractivity (Wildman–Crippen MR) is 73.0 cm³/mol. The summed E-state index contributed by atoms with van der Waals surface area (Å²) in [6, 6.07) is 6.69. The van der Waals surface area contributed by atoms with E-state index < -0.39 is 0 Å². The molecule has 0 aromatic heterocycles. The summed E-state index contributed by atoms with van der Waals surface area (Å²) in [5.41, 5.74) is 4.80. The normalized spacial score (nSPS) is 16.8. The van der Waals surface area contributed by atoms with Gasteiger partial charge in [0.25, 0.3) is 0 Å². The molecule has 88 valence electrons. The van der Waals surface area contributed by atoms with Gasteiger partial charge in [-0.25, -0.2) is 0 Å². The van der Waals surface area contributed by atoms with Crippen LogP contribution < -0.4 is 0 Å². The molecule has 0 amide bonds. The Bertz CT molecular complexity index is 370. The van der Waals surface area contributed by atoms with Gasteiger partial charge in [0.15, 0.2) is 0 Å². The van der Waals surface area contributed by atoms with Gasteiger partial charge in [-0.15, -0.1) is 0 Å². The van der Waals surface area contributed by atoms with Crippen LogP contribution in [0.25, 0.3) is 0 Å². The Balaban J connectivity index is 0.000000606. The monoisotopic (exact) mass is 216 g/mol. The van der Waals surface area contributed by atoms with Gasteiger partial charge in [0.1, 0.15) is 0 Å². The minimum absolute atomic E-state index is 0.300. The van der Waals surface area contributed by atoms with Crippen molar-refractivity contribution < 1.29 is 0 Å². The molecule has 0 saturated carbocycles. The van der Waals surface area contributed by atoms with Gasteiger partial charge in [-0.3, -0.25) is 0 Å². The molecule has 0 unspecified atom stereocenters. The van der Waals surface area contributed by atoms with Crippen molar-refractivity contribution in [1.29, 1.82) is 0 Å². The number of allylic oxidation sites excluding steroid dienone is 2.